The minimum absolute atomic E-state index is 0.0236. The van der Waals surface area contributed by atoms with Crippen LogP contribution >= 0.6 is 0 Å². The Morgan fingerprint density at radius 2 is 1.78 bits per heavy atom. The van der Waals surface area contributed by atoms with Crippen LogP contribution < -0.4 is 15.1 Å². The highest BCUT2D eigenvalue weighted by Gasteiger charge is 2.22. The van der Waals surface area contributed by atoms with E-state index < -0.39 is 0 Å². The van der Waals surface area contributed by atoms with Gasteiger partial charge >= 0.3 is 0 Å². The van der Waals surface area contributed by atoms with E-state index in [1.54, 1.807) is 0 Å². The number of hydrogen-bond donors (Lipinski definition) is 1. The molecule has 0 aliphatic carbocycles. The lowest BCUT2D eigenvalue weighted by Crippen LogP contribution is -2.50. The van der Waals surface area contributed by atoms with Gasteiger partial charge < -0.3 is 24.9 Å². The summed E-state index contributed by atoms with van der Waals surface area (Å²) in [4.78, 5) is 32.6. The average Bonchev–Trinajstić information content (AvgIpc) is 2.92. The third-order valence-corrected chi connectivity index (χ3v) is 7.26. The Morgan fingerprint density at radius 1 is 1.03 bits per heavy atom. The number of nitrogens with one attached hydrogen (secondary N) is 1. The number of likely N-dealkylation sites (N-methyl/N-ethyl adjacent to an activating group) is 1. The van der Waals surface area contributed by atoms with Gasteiger partial charge in [0.15, 0.2) is 0 Å². The van der Waals surface area contributed by atoms with Crippen LogP contribution in [-0.2, 0) is 4.79 Å². The van der Waals surface area contributed by atoms with Crippen LogP contribution in [0.1, 0.15) is 5.56 Å². The van der Waals surface area contributed by atoms with E-state index in [0.717, 1.165) is 89.1 Å². The fourth-order valence-electron chi connectivity index (χ4n) is 4.94. The van der Waals surface area contributed by atoms with Crippen molar-refractivity contribution in [1.82, 2.24) is 24.7 Å². The molecule has 1 aromatic heterocycles. The van der Waals surface area contributed by atoms with Crippen molar-refractivity contribution in [3.63, 3.8) is 0 Å². The molecule has 5 rings (SSSR count). The molecule has 9 nitrogen and oxygen atoms in total. The molecular weight excluding hydrogens is 452 g/mol. The normalized spacial score (nSPS) is 18.8. The highest BCUT2D eigenvalue weighted by Crippen LogP contribution is 2.26. The molecule has 1 aromatic carbocycles. The van der Waals surface area contributed by atoms with E-state index in [2.05, 4.69) is 79.9 Å². The largest absolute Gasteiger partial charge is 0.369 e. The molecule has 2 fully saturated rings. The quantitative estimate of drug-likeness (QED) is 0.595. The molecular formula is C27H36N8O. The zero-order valence-electron chi connectivity index (χ0n) is 21.1. The molecule has 0 saturated carbocycles. The maximum atomic E-state index is 11.8. The molecule has 0 spiro atoms. The van der Waals surface area contributed by atoms with Gasteiger partial charge in [-0.15, -0.1) is 0 Å². The summed E-state index contributed by atoms with van der Waals surface area (Å²) in [6.45, 7) is 13.8. The number of carbonyl (C=O) groups excluding carboxylic acids is 1. The molecule has 0 bridgehead atoms. The van der Waals surface area contributed by atoms with Crippen molar-refractivity contribution in [2.75, 3.05) is 94.2 Å². The summed E-state index contributed by atoms with van der Waals surface area (Å²) < 4.78 is 0. The van der Waals surface area contributed by atoms with Crippen LogP contribution in [0.4, 0.5) is 23.1 Å². The number of anilines is 4. The van der Waals surface area contributed by atoms with Crippen LogP contribution in [0.5, 0.6) is 0 Å². The Morgan fingerprint density at radius 3 is 2.50 bits per heavy atom. The number of benzene rings is 1. The summed E-state index contributed by atoms with van der Waals surface area (Å²) in [5.74, 6) is 1.60. The predicted octanol–water partition coefficient (Wildman–Crippen LogP) is 2.14. The molecule has 3 aliphatic rings. The first-order valence-corrected chi connectivity index (χ1v) is 12.8. The Kier molecular flexibility index (Phi) is 7.48. The van der Waals surface area contributed by atoms with Gasteiger partial charge in [-0.1, -0.05) is 18.7 Å². The van der Waals surface area contributed by atoms with E-state index in [-0.39, 0.29) is 5.91 Å². The Labute approximate surface area is 213 Å². The van der Waals surface area contributed by atoms with Crippen molar-refractivity contribution in [2.45, 2.75) is 0 Å². The number of rotatable bonds is 7. The lowest BCUT2D eigenvalue weighted by atomic mass is 10.2. The maximum absolute atomic E-state index is 11.8. The van der Waals surface area contributed by atoms with Crippen molar-refractivity contribution >= 4 is 35.1 Å². The number of fused-ring (bicyclic) bond motifs is 1. The Hall–Kier alpha value is -3.43. The van der Waals surface area contributed by atoms with E-state index >= 15 is 0 Å². The zero-order valence-corrected chi connectivity index (χ0v) is 21.1. The monoisotopic (exact) mass is 488 g/mol. The second kappa shape index (κ2) is 11.1. The molecule has 4 heterocycles. The number of nitrogens with zero attached hydrogens (tertiary/aromatic N) is 7. The fourth-order valence-corrected chi connectivity index (χ4v) is 4.94. The van der Waals surface area contributed by atoms with E-state index in [1.165, 1.54) is 11.8 Å². The fraction of sp³-hybridized carbons (Fsp3) is 0.444. The maximum Gasteiger partial charge on any atom is 0.246 e. The van der Waals surface area contributed by atoms with Crippen LogP contribution in [0.15, 0.2) is 49.2 Å². The summed E-state index contributed by atoms with van der Waals surface area (Å²) in [5, 5.41) is 3.38. The van der Waals surface area contributed by atoms with Gasteiger partial charge in [0, 0.05) is 95.1 Å². The van der Waals surface area contributed by atoms with Gasteiger partial charge in [0.05, 0.1) is 0 Å². The molecule has 9 heteroatoms. The molecule has 1 N–H and O–H groups in total. The molecule has 0 radical (unpaired) electrons. The topological polar surface area (TPSA) is 71.1 Å². The van der Waals surface area contributed by atoms with Gasteiger partial charge in [-0.05, 0) is 37.4 Å². The molecule has 3 aliphatic heterocycles. The van der Waals surface area contributed by atoms with Gasteiger partial charge in [-0.3, -0.25) is 9.69 Å². The number of amides is 1. The van der Waals surface area contributed by atoms with Gasteiger partial charge in [-0.25, -0.2) is 4.98 Å². The Bertz CT molecular complexity index is 1090. The third kappa shape index (κ3) is 5.68. The summed E-state index contributed by atoms with van der Waals surface area (Å²) in [7, 11) is 2.18. The van der Waals surface area contributed by atoms with Crippen molar-refractivity contribution in [2.24, 2.45) is 0 Å². The van der Waals surface area contributed by atoms with E-state index in [0.29, 0.717) is 5.95 Å². The first-order chi connectivity index (χ1) is 17.6. The van der Waals surface area contributed by atoms with Gasteiger partial charge in [0.1, 0.15) is 5.82 Å². The van der Waals surface area contributed by atoms with Crippen LogP contribution in [0.2, 0.25) is 0 Å². The smallest absolute Gasteiger partial charge is 0.246 e. The van der Waals surface area contributed by atoms with Crippen LogP contribution in [0.25, 0.3) is 6.08 Å². The zero-order chi connectivity index (χ0) is 24.9. The van der Waals surface area contributed by atoms with Crippen molar-refractivity contribution in [1.29, 1.82) is 0 Å². The molecule has 190 valence electrons. The molecule has 0 unspecified atom stereocenters. The number of aromatic nitrogens is 2. The standard InChI is InChI=1S/C27H36N8O/c1-3-25(36)34-18-13-32(14-19-34)15-20-35-10-4-5-22-21-28-27(30-26(22)35)29-23-6-8-24(9-7-23)33-16-11-31(2)12-17-33/h3-9,21H,1,10-20H2,2H3,(H,28,29,30). The van der Waals surface area contributed by atoms with Gasteiger partial charge in [0.2, 0.25) is 11.9 Å². The summed E-state index contributed by atoms with van der Waals surface area (Å²) in [6.07, 6.45) is 7.56. The van der Waals surface area contributed by atoms with Crippen LogP contribution in [-0.4, -0.2) is 110 Å². The van der Waals surface area contributed by atoms with Crippen LogP contribution in [0, 0.1) is 0 Å². The van der Waals surface area contributed by atoms with E-state index in [1.807, 2.05) is 11.1 Å². The minimum atomic E-state index is 0.0236. The van der Waals surface area contributed by atoms with Crippen LogP contribution in [0.3, 0.4) is 0 Å². The SMILES string of the molecule is C=CC(=O)N1CCN(CCN2CC=Cc3cnc(Nc4ccc(N5CCN(C)CC5)cc4)nc32)CC1. The highest BCUT2D eigenvalue weighted by molar-refractivity contribution is 5.87. The molecule has 0 atom stereocenters. The van der Waals surface area contributed by atoms with Gasteiger partial charge in [-0.2, -0.15) is 4.98 Å². The Balaban J connectivity index is 1.18. The molecule has 36 heavy (non-hydrogen) atoms. The second-order valence-corrected chi connectivity index (χ2v) is 9.65. The summed E-state index contributed by atoms with van der Waals surface area (Å²) >= 11 is 0. The molecule has 2 aromatic rings. The second-order valence-electron chi connectivity index (χ2n) is 9.65. The number of hydrogen-bond acceptors (Lipinski definition) is 8. The van der Waals surface area contributed by atoms with Crippen molar-refractivity contribution in [3.05, 3.63) is 54.8 Å². The molecule has 1 amide bonds. The third-order valence-electron chi connectivity index (χ3n) is 7.26. The number of carbonyl (C=O) groups is 1. The van der Waals surface area contributed by atoms with Gasteiger partial charge in [0.25, 0.3) is 0 Å². The van der Waals surface area contributed by atoms with Crippen molar-refractivity contribution < 1.29 is 4.79 Å². The van der Waals surface area contributed by atoms with E-state index in [4.69, 9.17) is 4.98 Å². The van der Waals surface area contributed by atoms with E-state index in [9.17, 15) is 4.79 Å². The van der Waals surface area contributed by atoms with Crippen molar-refractivity contribution in [3.8, 4) is 0 Å². The summed E-state index contributed by atoms with van der Waals surface area (Å²) in [6, 6.07) is 8.54. The average molecular weight is 489 g/mol. The predicted molar refractivity (Wildman–Crippen MR) is 146 cm³/mol. The number of piperazine rings is 2. The first kappa shape index (κ1) is 24.3. The summed E-state index contributed by atoms with van der Waals surface area (Å²) in [5.41, 5.74) is 3.28. The highest BCUT2D eigenvalue weighted by atomic mass is 16.2. The lowest BCUT2D eigenvalue weighted by Gasteiger charge is -2.36. The lowest BCUT2D eigenvalue weighted by molar-refractivity contribution is -0.127. The first-order valence-electron chi connectivity index (χ1n) is 12.8. The molecule has 2 saturated heterocycles. The minimum Gasteiger partial charge on any atom is -0.369 e.